The van der Waals surface area contributed by atoms with E-state index >= 15 is 0 Å². The van der Waals surface area contributed by atoms with Crippen molar-refractivity contribution in [1.29, 1.82) is 0 Å². The second-order valence-electron chi connectivity index (χ2n) is 13.7. The van der Waals surface area contributed by atoms with Crippen LogP contribution in [0.2, 0.25) is 0 Å². The second-order valence-corrected chi connectivity index (χ2v) is 13.7. The van der Waals surface area contributed by atoms with Gasteiger partial charge in [0.25, 0.3) is 0 Å². The number of allylic oxidation sites excluding steroid dienone is 5. The topological polar surface area (TPSA) is 69.6 Å². The van der Waals surface area contributed by atoms with E-state index in [9.17, 15) is 15.0 Å². The molecule has 0 aromatic carbocycles. The molecular formula is C42H79NO3. The highest BCUT2D eigenvalue weighted by molar-refractivity contribution is 5.76. The van der Waals surface area contributed by atoms with Crippen LogP contribution < -0.4 is 5.32 Å². The third-order valence-corrected chi connectivity index (χ3v) is 9.10. The summed E-state index contributed by atoms with van der Waals surface area (Å²) in [4.78, 5) is 12.3. The third kappa shape index (κ3) is 34.0. The Morgan fingerprint density at radius 2 is 0.848 bits per heavy atom. The maximum Gasteiger partial charge on any atom is 0.220 e. The molecule has 0 fully saturated rings. The Balaban J connectivity index is 3.64. The predicted octanol–water partition coefficient (Wildman–Crippen LogP) is 12.2. The number of hydrogen-bond acceptors (Lipinski definition) is 3. The molecule has 2 atom stereocenters. The van der Waals surface area contributed by atoms with Crippen molar-refractivity contribution < 1.29 is 15.0 Å². The molecule has 4 nitrogen and oxygen atoms in total. The van der Waals surface area contributed by atoms with E-state index in [1.807, 2.05) is 6.08 Å². The molecular weight excluding hydrogens is 566 g/mol. The maximum absolute atomic E-state index is 12.3. The fourth-order valence-corrected chi connectivity index (χ4v) is 5.95. The van der Waals surface area contributed by atoms with Gasteiger partial charge >= 0.3 is 0 Å². The molecule has 0 aromatic rings. The van der Waals surface area contributed by atoms with Crippen LogP contribution in [0.5, 0.6) is 0 Å². The highest BCUT2D eigenvalue weighted by atomic mass is 16.3. The molecule has 0 bridgehead atoms. The normalized spacial score (nSPS) is 13.4. The van der Waals surface area contributed by atoms with Gasteiger partial charge in [-0.25, -0.2) is 0 Å². The third-order valence-electron chi connectivity index (χ3n) is 9.10. The lowest BCUT2D eigenvalue weighted by molar-refractivity contribution is -0.123. The van der Waals surface area contributed by atoms with Crippen molar-refractivity contribution in [2.24, 2.45) is 0 Å². The molecule has 0 aliphatic carbocycles. The Bertz CT molecular complexity index is 701. The summed E-state index contributed by atoms with van der Waals surface area (Å²) in [7, 11) is 0. The standard InChI is InChI=1S/C42H79NO3/c1-3-5-7-9-11-13-15-17-19-21-22-24-26-28-30-32-34-36-38-42(46)43-40(39-44)41(45)37-35-33-31-29-27-25-23-20-18-16-14-12-10-8-6-4-2/h19,21,27,29,35,37,40-41,44-45H,3-18,20,22-26,28,30-34,36,38-39H2,1-2H3,(H,43,46)/b21-19-,29-27+,37-35+. The summed E-state index contributed by atoms with van der Waals surface area (Å²) in [5.41, 5.74) is 0. The van der Waals surface area contributed by atoms with Gasteiger partial charge in [0.1, 0.15) is 0 Å². The van der Waals surface area contributed by atoms with E-state index in [0.717, 1.165) is 32.1 Å². The lowest BCUT2D eigenvalue weighted by Crippen LogP contribution is -2.45. The van der Waals surface area contributed by atoms with Crippen molar-refractivity contribution in [2.45, 2.75) is 219 Å². The number of carbonyl (C=O) groups is 1. The maximum atomic E-state index is 12.3. The van der Waals surface area contributed by atoms with E-state index in [4.69, 9.17) is 0 Å². The van der Waals surface area contributed by atoms with Gasteiger partial charge in [0.05, 0.1) is 18.8 Å². The Morgan fingerprint density at radius 1 is 0.500 bits per heavy atom. The number of aliphatic hydroxyl groups excluding tert-OH is 2. The molecule has 0 saturated carbocycles. The van der Waals surface area contributed by atoms with Crippen molar-refractivity contribution in [3.63, 3.8) is 0 Å². The van der Waals surface area contributed by atoms with E-state index in [1.165, 1.54) is 154 Å². The molecule has 0 aliphatic rings. The van der Waals surface area contributed by atoms with Gasteiger partial charge in [-0.2, -0.15) is 0 Å². The van der Waals surface area contributed by atoms with Gasteiger partial charge in [-0.1, -0.05) is 179 Å². The first kappa shape index (κ1) is 44.6. The predicted molar refractivity (Wildman–Crippen MR) is 202 cm³/mol. The lowest BCUT2D eigenvalue weighted by Gasteiger charge is -2.19. The Labute approximate surface area is 287 Å². The molecule has 1 amide bonds. The second kappa shape index (κ2) is 38.1. The minimum Gasteiger partial charge on any atom is -0.394 e. The van der Waals surface area contributed by atoms with Crippen molar-refractivity contribution in [2.75, 3.05) is 6.61 Å². The van der Waals surface area contributed by atoms with Gasteiger partial charge < -0.3 is 15.5 Å². The fraction of sp³-hybridized carbons (Fsp3) is 0.833. The van der Waals surface area contributed by atoms with Crippen molar-refractivity contribution in [3.05, 3.63) is 36.5 Å². The van der Waals surface area contributed by atoms with Gasteiger partial charge in [0.2, 0.25) is 5.91 Å². The van der Waals surface area contributed by atoms with E-state index in [0.29, 0.717) is 6.42 Å². The molecule has 2 unspecified atom stereocenters. The smallest absolute Gasteiger partial charge is 0.220 e. The first-order valence-corrected chi connectivity index (χ1v) is 20.2. The van der Waals surface area contributed by atoms with Crippen LogP contribution in [0.1, 0.15) is 206 Å². The number of amides is 1. The van der Waals surface area contributed by atoms with Crippen LogP contribution in [0.25, 0.3) is 0 Å². The van der Waals surface area contributed by atoms with Gasteiger partial charge in [0, 0.05) is 6.42 Å². The Hall–Kier alpha value is -1.39. The van der Waals surface area contributed by atoms with Crippen LogP contribution in [-0.4, -0.2) is 34.9 Å². The van der Waals surface area contributed by atoms with Crippen LogP contribution in [0.3, 0.4) is 0 Å². The van der Waals surface area contributed by atoms with E-state index in [2.05, 4.69) is 43.5 Å². The zero-order valence-electron chi connectivity index (χ0n) is 30.8. The quantitative estimate of drug-likeness (QED) is 0.0469. The first-order valence-electron chi connectivity index (χ1n) is 20.2. The van der Waals surface area contributed by atoms with Crippen LogP contribution in [0.15, 0.2) is 36.5 Å². The number of rotatable bonds is 36. The average Bonchev–Trinajstić information content (AvgIpc) is 3.06. The average molecular weight is 646 g/mol. The summed E-state index contributed by atoms with van der Waals surface area (Å²) < 4.78 is 0. The van der Waals surface area contributed by atoms with Gasteiger partial charge in [-0.3, -0.25) is 4.79 Å². The monoisotopic (exact) mass is 646 g/mol. The molecule has 4 heteroatoms. The molecule has 46 heavy (non-hydrogen) atoms. The van der Waals surface area contributed by atoms with E-state index < -0.39 is 12.1 Å². The van der Waals surface area contributed by atoms with Crippen LogP contribution >= 0.6 is 0 Å². The van der Waals surface area contributed by atoms with Crippen molar-refractivity contribution in [1.82, 2.24) is 5.32 Å². The van der Waals surface area contributed by atoms with Crippen LogP contribution in [-0.2, 0) is 4.79 Å². The molecule has 0 saturated heterocycles. The Morgan fingerprint density at radius 3 is 1.26 bits per heavy atom. The molecule has 0 spiro atoms. The summed E-state index contributed by atoms with van der Waals surface area (Å²) in [5, 5.41) is 22.9. The van der Waals surface area contributed by atoms with Gasteiger partial charge in [-0.05, 0) is 57.8 Å². The highest BCUT2D eigenvalue weighted by Crippen LogP contribution is 2.13. The molecule has 3 N–H and O–H groups in total. The SMILES string of the molecule is CCCCCCCCC/C=C\CCCCCCCCCC(=O)NC(CO)C(O)/C=C/CC/C=C/CCCCCCCCCCCC. The fourth-order valence-electron chi connectivity index (χ4n) is 5.95. The van der Waals surface area contributed by atoms with Gasteiger partial charge in [0.15, 0.2) is 0 Å². The molecule has 0 aliphatic heterocycles. The van der Waals surface area contributed by atoms with Crippen molar-refractivity contribution >= 4 is 5.91 Å². The van der Waals surface area contributed by atoms with Gasteiger partial charge in [-0.15, -0.1) is 0 Å². The zero-order valence-corrected chi connectivity index (χ0v) is 30.8. The summed E-state index contributed by atoms with van der Waals surface area (Å²) in [6, 6.07) is -0.639. The van der Waals surface area contributed by atoms with E-state index in [1.54, 1.807) is 6.08 Å². The molecule has 0 rings (SSSR count). The van der Waals surface area contributed by atoms with Crippen LogP contribution in [0, 0.1) is 0 Å². The minimum atomic E-state index is -0.861. The number of carbonyl (C=O) groups excluding carboxylic acids is 1. The summed E-state index contributed by atoms with van der Waals surface area (Å²) in [6.07, 6.45) is 49.5. The van der Waals surface area contributed by atoms with Crippen molar-refractivity contribution in [3.8, 4) is 0 Å². The number of hydrogen-bond donors (Lipinski definition) is 3. The summed E-state index contributed by atoms with van der Waals surface area (Å²) in [6.45, 7) is 4.29. The van der Waals surface area contributed by atoms with Crippen LogP contribution in [0.4, 0.5) is 0 Å². The molecule has 0 aromatic heterocycles. The number of nitrogens with one attached hydrogen (secondary N) is 1. The number of aliphatic hydroxyl groups is 2. The molecule has 0 heterocycles. The number of unbranched alkanes of at least 4 members (excludes halogenated alkanes) is 25. The molecule has 0 radical (unpaired) electrons. The highest BCUT2D eigenvalue weighted by Gasteiger charge is 2.17. The van der Waals surface area contributed by atoms with E-state index in [-0.39, 0.29) is 12.5 Å². The zero-order chi connectivity index (χ0) is 33.6. The summed E-state index contributed by atoms with van der Waals surface area (Å²) in [5.74, 6) is -0.0790. The minimum absolute atomic E-state index is 0.0790. The Kier molecular flexibility index (Phi) is 36.9. The summed E-state index contributed by atoms with van der Waals surface area (Å²) >= 11 is 0. The largest absolute Gasteiger partial charge is 0.394 e. The molecule has 270 valence electrons. The lowest BCUT2D eigenvalue weighted by atomic mass is 10.1. The first-order chi connectivity index (χ1) is 22.7.